The number of rotatable bonds is 4. The molecule has 25 heavy (non-hydrogen) atoms. The van der Waals surface area contributed by atoms with E-state index in [-0.39, 0.29) is 17.4 Å². The molecule has 126 valence electrons. The number of methoxy groups -OCH3 is 1. The lowest BCUT2D eigenvalue weighted by Crippen LogP contribution is -2.35. The molecule has 0 saturated carbocycles. The van der Waals surface area contributed by atoms with Gasteiger partial charge >= 0.3 is 0 Å². The highest BCUT2D eigenvalue weighted by Gasteiger charge is 2.09. The Hall–Kier alpha value is -2.92. The molecule has 0 saturated heterocycles. The lowest BCUT2D eigenvalue weighted by Gasteiger charge is -2.11. The van der Waals surface area contributed by atoms with E-state index >= 15 is 0 Å². The van der Waals surface area contributed by atoms with E-state index in [2.05, 4.69) is 10.6 Å². The Kier molecular flexibility index (Phi) is 5.26. The third-order valence-electron chi connectivity index (χ3n) is 3.81. The Labute approximate surface area is 151 Å². The standard InChI is InChI=1S/C20H18N2O2S/c1-24-17-10-5-9-16(13-17)21-20(25)22-19(23)12-15-8-4-7-14-6-2-3-11-18(14)15/h2-11,13H,12H2,1H3,(H2,21,22,23,25). The third-order valence-corrected chi connectivity index (χ3v) is 4.02. The van der Waals surface area contributed by atoms with Crippen molar-refractivity contribution in [2.24, 2.45) is 0 Å². The van der Waals surface area contributed by atoms with Gasteiger partial charge in [0.25, 0.3) is 0 Å². The largest absolute Gasteiger partial charge is 0.497 e. The zero-order valence-electron chi connectivity index (χ0n) is 13.8. The second-order valence-electron chi connectivity index (χ2n) is 5.55. The van der Waals surface area contributed by atoms with Crippen molar-refractivity contribution in [2.75, 3.05) is 12.4 Å². The van der Waals surface area contributed by atoms with Crippen LogP contribution in [0.25, 0.3) is 10.8 Å². The van der Waals surface area contributed by atoms with Crippen LogP contribution in [-0.4, -0.2) is 18.1 Å². The van der Waals surface area contributed by atoms with Crippen molar-refractivity contribution < 1.29 is 9.53 Å². The molecule has 0 radical (unpaired) electrons. The minimum absolute atomic E-state index is 0.156. The minimum Gasteiger partial charge on any atom is -0.497 e. The van der Waals surface area contributed by atoms with Crippen molar-refractivity contribution in [3.05, 3.63) is 72.3 Å². The van der Waals surface area contributed by atoms with Gasteiger partial charge in [0.1, 0.15) is 5.75 Å². The van der Waals surface area contributed by atoms with Gasteiger partial charge in [-0.25, -0.2) is 0 Å². The predicted molar refractivity (Wildman–Crippen MR) is 105 cm³/mol. The molecule has 3 aromatic rings. The van der Waals surface area contributed by atoms with Gasteiger partial charge in [-0.05, 0) is 40.7 Å². The van der Waals surface area contributed by atoms with E-state index < -0.39 is 0 Å². The van der Waals surface area contributed by atoms with Gasteiger partial charge in [0.05, 0.1) is 13.5 Å². The maximum absolute atomic E-state index is 12.3. The number of amides is 1. The topological polar surface area (TPSA) is 50.4 Å². The number of carbonyl (C=O) groups excluding carboxylic acids is 1. The van der Waals surface area contributed by atoms with Crippen LogP contribution in [0.15, 0.2) is 66.7 Å². The van der Waals surface area contributed by atoms with E-state index in [9.17, 15) is 4.79 Å². The highest BCUT2D eigenvalue weighted by Crippen LogP contribution is 2.19. The van der Waals surface area contributed by atoms with Gasteiger partial charge in [0, 0.05) is 11.8 Å². The summed E-state index contributed by atoms with van der Waals surface area (Å²) < 4.78 is 5.17. The summed E-state index contributed by atoms with van der Waals surface area (Å²) >= 11 is 5.22. The number of anilines is 1. The normalized spacial score (nSPS) is 10.3. The van der Waals surface area contributed by atoms with Crippen LogP contribution in [0.4, 0.5) is 5.69 Å². The number of ether oxygens (including phenoxy) is 1. The average molecular weight is 350 g/mol. The molecule has 0 atom stereocenters. The molecule has 0 bridgehead atoms. The van der Waals surface area contributed by atoms with Gasteiger partial charge in [0.2, 0.25) is 5.91 Å². The summed E-state index contributed by atoms with van der Waals surface area (Å²) in [6, 6.07) is 21.3. The van der Waals surface area contributed by atoms with Crippen molar-refractivity contribution in [3.8, 4) is 5.75 Å². The summed E-state index contributed by atoms with van der Waals surface area (Å²) in [5.41, 5.74) is 1.73. The lowest BCUT2D eigenvalue weighted by atomic mass is 10.0. The molecular weight excluding hydrogens is 332 g/mol. The van der Waals surface area contributed by atoms with Crippen LogP contribution in [0, 0.1) is 0 Å². The quantitative estimate of drug-likeness (QED) is 0.701. The van der Waals surface area contributed by atoms with Crippen molar-refractivity contribution in [1.82, 2.24) is 5.32 Å². The van der Waals surface area contributed by atoms with Crippen molar-refractivity contribution >= 4 is 39.7 Å². The van der Waals surface area contributed by atoms with Gasteiger partial charge in [-0.3, -0.25) is 4.79 Å². The van der Waals surface area contributed by atoms with Gasteiger partial charge < -0.3 is 15.4 Å². The molecule has 1 amide bonds. The van der Waals surface area contributed by atoms with E-state index in [1.54, 1.807) is 7.11 Å². The molecule has 0 aliphatic heterocycles. The van der Waals surface area contributed by atoms with Crippen molar-refractivity contribution in [2.45, 2.75) is 6.42 Å². The Bertz CT molecular complexity index is 919. The Morgan fingerprint density at radius 3 is 2.64 bits per heavy atom. The molecule has 3 aromatic carbocycles. The smallest absolute Gasteiger partial charge is 0.230 e. The second kappa shape index (κ2) is 7.77. The molecular formula is C20H18N2O2S. The summed E-state index contributed by atoms with van der Waals surface area (Å²) in [4.78, 5) is 12.3. The van der Waals surface area contributed by atoms with E-state index in [1.807, 2.05) is 66.7 Å². The van der Waals surface area contributed by atoms with Crippen LogP contribution < -0.4 is 15.4 Å². The number of hydrogen-bond acceptors (Lipinski definition) is 3. The number of thiocarbonyl (C=S) groups is 1. The minimum atomic E-state index is -0.156. The first-order valence-corrected chi connectivity index (χ1v) is 8.28. The third kappa shape index (κ3) is 4.33. The predicted octanol–water partition coefficient (Wildman–Crippen LogP) is 3.90. The molecule has 4 nitrogen and oxygen atoms in total. The zero-order chi connectivity index (χ0) is 17.6. The first kappa shape index (κ1) is 16.9. The Morgan fingerprint density at radius 1 is 1.04 bits per heavy atom. The number of nitrogens with one attached hydrogen (secondary N) is 2. The number of carbonyl (C=O) groups is 1. The Morgan fingerprint density at radius 2 is 1.80 bits per heavy atom. The first-order chi connectivity index (χ1) is 12.2. The fourth-order valence-electron chi connectivity index (χ4n) is 2.65. The molecule has 0 spiro atoms. The SMILES string of the molecule is COc1cccc(NC(=S)NC(=O)Cc2cccc3ccccc23)c1. The fourth-order valence-corrected chi connectivity index (χ4v) is 2.89. The summed E-state index contributed by atoms with van der Waals surface area (Å²) in [5, 5.41) is 8.16. The van der Waals surface area contributed by atoms with Crippen LogP contribution >= 0.6 is 12.2 Å². The van der Waals surface area contributed by atoms with Crippen LogP contribution in [-0.2, 0) is 11.2 Å². The molecule has 0 aliphatic rings. The molecule has 0 aliphatic carbocycles. The Balaban J connectivity index is 1.64. The van der Waals surface area contributed by atoms with Crippen LogP contribution in [0.1, 0.15) is 5.56 Å². The number of hydrogen-bond donors (Lipinski definition) is 2. The van der Waals surface area contributed by atoms with Gasteiger partial charge in [-0.2, -0.15) is 0 Å². The highest BCUT2D eigenvalue weighted by atomic mass is 32.1. The van der Waals surface area contributed by atoms with Crippen LogP contribution in [0.3, 0.4) is 0 Å². The molecule has 3 rings (SSSR count). The molecule has 0 fully saturated rings. The summed E-state index contributed by atoms with van der Waals surface area (Å²) in [6.45, 7) is 0. The van der Waals surface area contributed by atoms with E-state index in [0.717, 1.165) is 27.8 Å². The van der Waals surface area contributed by atoms with Crippen molar-refractivity contribution in [1.29, 1.82) is 0 Å². The monoisotopic (exact) mass is 350 g/mol. The van der Waals surface area contributed by atoms with Crippen molar-refractivity contribution in [3.63, 3.8) is 0 Å². The molecule has 0 aromatic heterocycles. The highest BCUT2D eigenvalue weighted by molar-refractivity contribution is 7.80. The summed E-state index contributed by atoms with van der Waals surface area (Å²) in [5.74, 6) is 0.562. The summed E-state index contributed by atoms with van der Waals surface area (Å²) in [6.07, 6.45) is 0.265. The van der Waals surface area contributed by atoms with E-state index in [0.29, 0.717) is 0 Å². The van der Waals surface area contributed by atoms with Crippen LogP contribution in [0.2, 0.25) is 0 Å². The van der Waals surface area contributed by atoms with Gasteiger partial charge in [-0.1, -0.05) is 48.5 Å². The maximum Gasteiger partial charge on any atom is 0.230 e. The second-order valence-corrected chi connectivity index (χ2v) is 5.96. The summed E-state index contributed by atoms with van der Waals surface area (Å²) in [7, 11) is 1.60. The molecule has 2 N–H and O–H groups in total. The lowest BCUT2D eigenvalue weighted by molar-refractivity contribution is -0.119. The maximum atomic E-state index is 12.3. The molecule has 5 heteroatoms. The first-order valence-electron chi connectivity index (χ1n) is 7.87. The van der Waals surface area contributed by atoms with E-state index in [1.165, 1.54) is 0 Å². The number of fused-ring (bicyclic) bond motifs is 1. The number of benzene rings is 3. The molecule has 0 heterocycles. The zero-order valence-corrected chi connectivity index (χ0v) is 14.6. The fraction of sp³-hybridized carbons (Fsp3) is 0.100. The van der Waals surface area contributed by atoms with Gasteiger partial charge in [0.15, 0.2) is 5.11 Å². The van der Waals surface area contributed by atoms with Crippen LogP contribution in [0.5, 0.6) is 5.75 Å². The van der Waals surface area contributed by atoms with Gasteiger partial charge in [-0.15, -0.1) is 0 Å². The van der Waals surface area contributed by atoms with E-state index in [4.69, 9.17) is 17.0 Å². The molecule has 0 unspecified atom stereocenters. The average Bonchev–Trinajstić information content (AvgIpc) is 2.62.